The molecule has 0 amide bonds. The molecule has 2 N–H and O–H groups in total. The zero-order valence-corrected chi connectivity index (χ0v) is 13.1. The molecule has 6 nitrogen and oxygen atoms in total. The van der Waals surface area contributed by atoms with Gasteiger partial charge in [-0.15, -0.1) is 0 Å². The van der Waals surface area contributed by atoms with Crippen LogP contribution in [0.2, 0.25) is 0 Å². The summed E-state index contributed by atoms with van der Waals surface area (Å²) in [5, 5.41) is 22.8. The molecule has 1 unspecified atom stereocenters. The van der Waals surface area contributed by atoms with Gasteiger partial charge in [0, 0.05) is 12.1 Å². The molecule has 1 rings (SSSR count). The molecule has 8 heteroatoms. The number of carboxylic acid groups (broad SMARTS) is 1. The van der Waals surface area contributed by atoms with Crippen LogP contribution in [0.5, 0.6) is 0 Å². The van der Waals surface area contributed by atoms with E-state index in [1.165, 1.54) is 6.92 Å². The highest BCUT2D eigenvalue weighted by Crippen LogP contribution is 2.32. The van der Waals surface area contributed by atoms with Gasteiger partial charge in [-0.1, -0.05) is 13.3 Å². The summed E-state index contributed by atoms with van der Waals surface area (Å²) in [5.41, 5.74) is -1.87. The minimum absolute atomic E-state index is 0.104. The number of nitro benzene ring substituents is 1. The van der Waals surface area contributed by atoms with Crippen LogP contribution in [0, 0.1) is 19.5 Å². The Bertz CT molecular complexity index is 553. The number of nitrogens with one attached hydrogen (secondary N) is 1. The smallest absolute Gasteiger partial charge is 0.329 e. The number of nitro groups is 1. The Morgan fingerprint density at radius 2 is 2.20 bits per heavy atom. The van der Waals surface area contributed by atoms with Crippen molar-refractivity contribution in [1.29, 1.82) is 0 Å². The van der Waals surface area contributed by atoms with E-state index in [1.807, 2.05) is 0 Å². The normalized spacial score (nSPS) is 13.6. The molecule has 20 heavy (non-hydrogen) atoms. The molecular formula is C12H14FIN2O4. The molecule has 0 aliphatic heterocycles. The number of hydrogen-bond donors (Lipinski definition) is 2. The van der Waals surface area contributed by atoms with Crippen molar-refractivity contribution in [2.45, 2.75) is 32.2 Å². The van der Waals surface area contributed by atoms with E-state index in [0.717, 1.165) is 12.1 Å². The van der Waals surface area contributed by atoms with Gasteiger partial charge in [0.1, 0.15) is 17.0 Å². The molecule has 1 aromatic carbocycles. The summed E-state index contributed by atoms with van der Waals surface area (Å²) in [5.74, 6) is -1.78. The van der Waals surface area contributed by atoms with Crippen LogP contribution in [-0.4, -0.2) is 21.5 Å². The third-order valence-electron chi connectivity index (χ3n) is 2.87. The zero-order chi connectivity index (χ0) is 15.5. The van der Waals surface area contributed by atoms with E-state index in [2.05, 4.69) is 5.32 Å². The number of nitrogens with zero attached hydrogens (tertiary/aromatic N) is 1. The number of carboxylic acids is 1. The second-order valence-corrected chi connectivity index (χ2v) is 5.72. The molecule has 1 atom stereocenters. The van der Waals surface area contributed by atoms with Crippen LogP contribution < -0.4 is 5.32 Å². The Kier molecular flexibility index (Phi) is 5.26. The van der Waals surface area contributed by atoms with Crippen molar-refractivity contribution in [2.75, 3.05) is 5.32 Å². The SMILES string of the molecule is CCCC(C)(Nc1cc(F)c(I)cc1[N+](=O)[O-])C(=O)O. The quantitative estimate of drug-likeness (QED) is 0.437. The largest absolute Gasteiger partial charge is 0.480 e. The third kappa shape index (κ3) is 3.56. The topological polar surface area (TPSA) is 92.5 Å². The number of hydrogen-bond acceptors (Lipinski definition) is 4. The Hall–Kier alpha value is -1.45. The Morgan fingerprint density at radius 1 is 1.60 bits per heavy atom. The lowest BCUT2D eigenvalue weighted by Crippen LogP contribution is -2.43. The van der Waals surface area contributed by atoms with Gasteiger partial charge in [0.25, 0.3) is 5.69 Å². The van der Waals surface area contributed by atoms with Crippen molar-refractivity contribution in [1.82, 2.24) is 0 Å². The highest BCUT2D eigenvalue weighted by molar-refractivity contribution is 14.1. The summed E-state index contributed by atoms with van der Waals surface area (Å²) >= 11 is 1.64. The summed E-state index contributed by atoms with van der Waals surface area (Å²) < 4.78 is 13.7. The van der Waals surface area contributed by atoms with Gasteiger partial charge in [0.15, 0.2) is 0 Å². The molecule has 1 aromatic rings. The molecule has 0 aliphatic rings. The molecule has 0 aromatic heterocycles. The minimum atomic E-state index is -1.39. The average Bonchev–Trinajstić information content (AvgIpc) is 2.33. The maximum absolute atomic E-state index is 13.6. The van der Waals surface area contributed by atoms with Gasteiger partial charge in [0.05, 0.1) is 8.49 Å². The highest BCUT2D eigenvalue weighted by atomic mass is 127. The van der Waals surface area contributed by atoms with Crippen LogP contribution in [0.3, 0.4) is 0 Å². The second kappa shape index (κ2) is 6.33. The predicted octanol–water partition coefficient (Wildman–Crippen LogP) is 3.39. The molecule has 110 valence electrons. The molecule has 0 saturated carbocycles. The van der Waals surface area contributed by atoms with Crippen molar-refractivity contribution in [2.24, 2.45) is 0 Å². The predicted molar refractivity (Wildman–Crippen MR) is 80.3 cm³/mol. The van der Waals surface area contributed by atoms with Gasteiger partial charge in [-0.2, -0.15) is 0 Å². The number of carbonyl (C=O) groups is 1. The van der Waals surface area contributed by atoms with Crippen molar-refractivity contribution < 1.29 is 19.2 Å². The first-order valence-electron chi connectivity index (χ1n) is 5.86. The van der Waals surface area contributed by atoms with Gasteiger partial charge in [-0.25, -0.2) is 9.18 Å². The number of halogens is 2. The van der Waals surface area contributed by atoms with Gasteiger partial charge in [0.2, 0.25) is 0 Å². The van der Waals surface area contributed by atoms with Crippen LogP contribution in [0.25, 0.3) is 0 Å². The lowest BCUT2D eigenvalue weighted by molar-refractivity contribution is -0.384. The molecule has 0 aliphatic carbocycles. The highest BCUT2D eigenvalue weighted by Gasteiger charge is 2.34. The number of aliphatic carboxylic acids is 1. The molecule has 0 fully saturated rings. The van der Waals surface area contributed by atoms with E-state index >= 15 is 0 Å². The monoisotopic (exact) mass is 396 g/mol. The number of anilines is 1. The van der Waals surface area contributed by atoms with E-state index in [4.69, 9.17) is 0 Å². The summed E-state index contributed by atoms with van der Waals surface area (Å²) in [6.45, 7) is 3.21. The third-order valence-corrected chi connectivity index (χ3v) is 3.69. The maximum atomic E-state index is 13.6. The Labute approximate surface area is 128 Å². The molecule has 0 spiro atoms. The van der Waals surface area contributed by atoms with Crippen molar-refractivity contribution in [3.63, 3.8) is 0 Å². The van der Waals surface area contributed by atoms with Gasteiger partial charge < -0.3 is 10.4 Å². The fraction of sp³-hybridized carbons (Fsp3) is 0.417. The lowest BCUT2D eigenvalue weighted by Gasteiger charge is -2.26. The molecule has 0 heterocycles. The van der Waals surface area contributed by atoms with E-state index in [9.17, 15) is 24.4 Å². The van der Waals surface area contributed by atoms with E-state index < -0.39 is 22.2 Å². The van der Waals surface area contributed by atoms with Crippen LogP contribution in [0.15, 0.2) is 12.1 Å². The van der Waals surface area contributed by atoms with Crippen molar-refractivity contribution in [3.05, 3.63) is 31.6 Å². The number of benzene rings is 1. The van der Waals surface area contributed by atoms with Crippen LogP contribution in [0.1, 0.15) is 26.7 Å². The molecule has 0 bridgehead atoms. The van der Waals surface area contributed by atoms with Crippen LogP contribution in [-0.2, 0) is 4.79 Å². The summed E-state index contributed by atoms with van der Waals surface area (Å²) in [6.07, 6.45) is 0.823. The first-order chi connectivity index (χ1) is 9.21. The summed E-state index contributed by atoms with van der Waals surface area (Å²) in [4.78, 5) is 21.6. The lowest BCUT2D eigenvalue weighted by atomic mass is 9.95. The zero-order valence-electron chi connectivity index (χ0n) is 10.9. The van der Waals surface area contributed by atoms with Gasteiger partial charge >= 0.3 is 5.97 Å². The standard InChI is InChI=1S/C12H14FIN2O4/c1-3-4-12(2,11(17)18)15-9-5-7(13)8(14)6-10(9)16(19)20/h5-6,15H,3-4H2,1-2H3,(H,17,18). The minimum Gasteiger partial charge on any atom is -0.480 e. The molecule has 0 radical (unpaired) electrons. The fourth-order valence-corrected chi connectivity index (χ4v) is 2.26. The van der Waals surface area contributed by atoms with Crippen molar-refractivity contribution >= 4 is 39.9 Å². The molecular weight excluding hydrogens is 382 g/mol. The van der Waals surface area contributed by atoms with E-state index in [0.29, 0.717) is 6.42 Å². The van der Waals surface area contributed by atoms with Gasteiger partial charge in [-0.05, 0) is 35.9 Å². The Balaban J connectivity index is 3.28. The van der Waals surface area contributed by atoms with E-state index in [1.54, 1.807) is 29.5 Å². The van der Waals surface area contributed by atoms with Crippen LogP contribution >= 0.6 is 22.6 Å². The molecule has 0 saturated heterocycles. The fourth-order valence-electron chi connectivity index (χ4n) is 1.81. The Morgan fingerprint density at radius 3 is 2.65 bits per heavy atom. The first kappa shape index (κ1) is 16.6. The average molecular weight is 396 g/mol. The maximum Gasteiger partial charge on any atom is 0.329 e. The second-order valence-electron chi connectivity index (χ2n) is 4.55. The number of rotatable bonds is 6. The first-order valence-corrected chi connectivity index (χ1v) is 6.94. The van der Waals surface area contributed by atoms with E-state index in [-0.39, 0.29) is 21.4 Å². The van der Waals surface area contributed by atoms with Crippen LogP contribution in [0.4, 0.5) is 15.8 Å². The summed E-state index contributed by atoms with van der Waals surface area (Å²) in [6, 6.07) is 2.03. The van der Waals surface area contributed by atoms with Crippen molar-refractivity contribution in [3.8, 4) is 0 Å². The summed E-state index contributed by atoms with van der Waals surface area (Å²) in [7, 11) is 0. The van der Waals surface area contributed by atoms with Gasteiger partial charge in [-0.3, -0.25) is 10.1 Å².